The lowest BCUT2D eigenvalue weighted by Crippen LogP contribution is -2.16. The van der Waals surface area contributed by atoms with Crippen molar-refractivity contribution in [1.82, 2.24) is 4.98 Å². The summed E-state index contributed by atoms with van der Waals surface area (Å²) in [6.45, 7) is 0. The Morgan fingerprint density at radius 3 is 2.35 bits per heavy atom. The number of Topliss-reactive ketones (excluding diaryl/α,β-unsaturated/α-hetero) is 1. The van der Waals surface area contributed by atoms with Crippen LogP contribution in [-0.4, -0.2) is 23.8 Å². The Labute approximate surface area is 116 Å². The van der Waals surface area contributed by atoms with E-state index in [-0.39, 0.29) is 18.1 Å². The Bertz CT molecular complexity index is 594. The number of carbonyl (C=O) groups excluding carboxylic acids is 2. The minimum atomic E-state index is -0.350. The molecule has 0 aliphatic rings. The molecule has 0 atom stereocenters. The first-order valence-electron chi connectivity index (χ1n) is 6.06. The van der Waals surface area contributed by atoms with Crippen LogP contribution in [0.3, 0.4) is 0 Å². The maximum Gasteiger partial charge on any atom is 0.232 e. The van der Waals surface area contributed by atoms with Crippen molar-refractivity contribution in [2.45, 2.75) is 6.42 Å². The summed E-state index contributed by atoms with van der Waals surface area (Å²) in [6, 6.07) is 10.1. The Balaban J connectivity index is 1.93. The Morgan fingerprint density at radius 1 is 1.10 bits per heavy atom. The van der Waals surface area contributed by atoms with Gasteiger partial charge < -0.3 is 10.1 Å². The number of carbonyl (C=O) groups is 2. The lowest BCUT2D eigenvalue weighted by Gasteiger charge is -2.06. The van der Waals surface area contributed by atoms with Gasteiger partial charge in [0.25, 0.3) is 0 Å². The molecule has 2 rings (SSSR count). The second-order valence-electron chi connectivity index (χ2n) is 4.11. The third-order valence-corrected chi connectivity index (χ3v) is 2.70. The first-order chi connectivity index (χ1) is 9.69. The molecule has 1 amide bonds. The maximum absolute atomic E-state index is 11.8. The van der Waals surface area contributed by atoms with Gasteiger partial charge in [-0.25, -0.2) is 0 Å². The fraction of sp³-hybridized carbons (Fsp3) is 0.133. The topological polar surface area (TPSA) is 68.3 Å². The van der Waals surface area contributed by atoms with Crippen LogP contribution in [0.15, 0.2) is 48.8 Å². The van der Waals surface area contributed by atoms with Crippen LogP contribution in [0.2, 0.25) is 0 Å². The van der Waals surface area contributed by atoms with Gasteiger partial charge >= 0.3 is 0 Å². The second kappa shape index (κ2) is 6.47. The zero-order chi connectivity index (χ0) is 14.4. The SMILES string of the molecule is COc1ccc(NC(=O)CC(=O)c2ccncc2)cc1. The molecule has 0 radical (unpaired) electrons. The molecule has 0 bridgehead atoms. The van der Waals surface area contributed by atoms with E-state index in [1.54, 1.807) is 43.5 Å². The quantitative estimate of drug-likeness (QED) is 0.668. The van der Waals surface area contributed by atoms with Gasteiger partial charge in [-0.1, -0.05) is 0 Å². The van der Waals surface area contributed by atoms with Crippen molar-refractivity contribution in [2.75, 3.05) is 12.4 Å². The zero-order valence-electron chi connectivity index (χ0n) is 11.0. The van der Waals surface area contributed by atoms with E-state index < -0.39 is 0 Å². The number of rotatable bonds is 5. The fourth-order valence-electron chi connectivity index (χ4n) is 1.67. The van der Waals surface area contributed by atoms with E-state index in [4.69, 9.17) is 4.74 Å². The first-order valence-corrected chi connectivity index (χ1v) is 6.06. The molecule has 5 nitrogen and oxygen atoms in total. The van der Waals surface area contributed by atoms with Gasteiger partial charge in [0.2, 0.25) is 5.91 Å². The van der Waals surface area contributed by atoms with Crippen molar-refractivity contribution in [1.29, 1.82) is 0 Å². The van der Waals surface area contributed by atoms with Crippen LogP contribution in [0, 0.1) is 0 Å². The molecule has 5 heteroatoms. The number of hydrogen-bond donors (Lipinski definition) is 1. The summed E-state index contributed by atoms with van der Waals surface area (Å²) in [5, 5.41) is 2.66. The van der Waals surface area contributed by atoms with Crippen LogP contribution in [0.25, 0.3) is 0 Å². The van der Waals surface area contributed by atoms with Gasteiger partial charge in [-0.3, -0.25) is 14.6 Å². The molecule has 0 fully saturated rings. The third-order valence-electron chi connectivity index (χ3n) is 2.70. The number of benzene rings is 1. The Kier molecular flexibility index (Phi) is 4.44. The highest BCUT2D eigenvalue weighted by molar-refractivity contribution is 6.10. The fourth-order valence-corrected chi connectivity index (χ4v) is 1.67. The molecule has 1 aromatic carbocycles. The van der Waals surface area contributed by atoms with Crippen molar-refractivity contribution >= 4 is 17.4 Å². The summed E-state index contributed by atoms with van der Waals surface area (Å²) < 4.78 is 5.02. The molecule has 0 aliphatic carbocycles. The molecular formula is C15H14N2O3. The van der Waals surface area contributed by atoms with E-state index in [1.807, 2.05) is 0 Å². The number of pyridine rings is 1. The highest BCUT2D eigenvalue weighted by atomic mass is 16.5. The zero-order valence-corrected chi connectivity index (χ0v) is 11.0. The first kappa shape index (κ1) is 13.7. The van der Waals surface area contributed by atoms with Crippen molar-refractivity contribution < 1.29 is 14.3 Å². The van der Waals surface area contributed by atoms with Crippen molar-refractivity contribution in [3.8, 4) is 5.75 Å². The standard InChI is InChI=1S/C15H14N2O3/c1-20-13-4-2-12(3-5-13)17-15(19)10-14(18)11-6-8-16-9-7-11/h2-9H,10H2,1H3,(H,17,19). The predicted molar refractivity (Wildman–Crippen MR) is 74.8 cm³/mol. The van der Waals surface area contributed by atoms with E-state index in [0.717, 1.165) is 0 Å². The molecule has 1 aromatic heterocycles. The lowest BCUT2D eigenvalue weighted by atomic mass is 10.1. The van der Waals surface area contributed by atoms with Crippen LogP contribution in [-0.2, 0) is 4.79 Å². The van der Waals surface area contributed by atoms with Gasteiger partial charge in [0, 0.05) is 23.6 Å². The van der Waals surface area contributed by atoms with Gasteiger partial charge in [0.15, 0.2) is 5.78 Å². The molecule has 1 heterocycles. The molecule has 0 saturated heterocycles. The molecule has 2 aromatic rings. The van der Waals surface area contributed by atoms with E-state index in [1.165, 1.54) is 12.4 Å². The number of aromatic nitrogens is 1. The van der Waals surface area contributed by atoms with E-state index in [9.17, 15) is 9.59 Å². The molecule has 1 N–H and O–H groups in total. The van der Waals surface area contributed by atoms with Crippen molar-refractivity contribution in [2.24, 2.45) is 0 Å². The minimum absolute atomic E-state index is 0.198. The third kappa shape index (κ3) is 3.65. The lowest BCUT2D eigenvalue weighted by molar-refractivity contribution is -0.115. The second-order valence-corrected chi connectivity index (χ2v) is 4.11. The van der Waals surface area contributed by atoms with E-state index in [2.05, 4.69) is 10.3 Å². The summed E-state index contributed by atoms with van der Waals surface area (Å²) >= 11 is 0. The largest absolute Gasteiger partial charge is 0.497 e. The number of ketones is 1. The molecule has 0 saturated carbocycles. The average molecular weight is 270 g/mol. The maximum atomic E-state index is 11.8. The van der Waals surface area contributed by atoms with Gasteiger partial charge in [0.1, 0.15) is 5.75 Å². The molecule has 0 aliphatic heterocycles. The normalized spacial score (nSPS) is 9.85. The number of methoxy groups -OCH3 is 1. The van der Waals surface area contributed by atoms with Crippen LogP contribution in [0.5, 0.6) is 5.75 Å². The van der Waals surface area contributed by atoms with Gasteiger partial charge in [0.05, 0.1) is 13.5 Å². The predicted octanol–water partition coefficient (Wildman–Crippen LogP) is 2.30. The molecule has 20 heavy (non-hydrogen) atoms. The summed E-state index contributed by atoms with van der Waals surface area (Å²) in [5.74, 6) is 0.117. The number of amides is 1. The van der Waals surface area contributed by atoms with E-state index >= 15 is 0 Å². The van der Waals surface area contributed by atoms with Crippen LogP contribution >= 0.6 is 0 Å². The summed E-state index contributed by atoms with van der Waals surface area (Å²) in [4.78, 5) is 27.4. The highest BCUT2D eigenvalue weighted by Crippen LogP contribution is 2.15. The van der Waals surface area contributed by atoms with Gasteiger partial charge in [-0.2, -0.15) is 0 Å². The molecule has 0 unspecified atom stereocenters. The van der Waals surface area contributed by atoms with E-state index in [0.29, 0.717) is 17.0 Å². The number of hydrogen-bond acceptors (Lipinski definition) is 4. The molecule has 0 spiro atoms. The highest BCUT2D eigenvalue weighted by Gasteiger charge is 2.11. The van der Waals surface area contributed by atoms with Crippen molar-refractivity contribution in [3.63, 3.8) is 0 Å². The van der Waals surface area contributed by atoms with Crippen LogP contribution in [0.1, 0.15) is 16.8 Å². The van der Waals surface area contributed by atoms with Crippen LogP contribution < -0.4 is 10.1 Å². The number of anilines is 1. The van der Waals surface area contributed by atoms with Crippen molar-refractivity contribution in [3.05, 3.63) is 54.4 Å². The smallest absolute Gasteiger partial charge is 0.232 e. The summed E-state index contributed by atoms with van der Waals surface area (Å²) in [7, 11) is 1.57. The molecule has 102 valence electrons. The average Bonchev–Trinajstić information content (AvgIpc) is 2.49. The van der Waals surface area contributed by atoms with Gasteiger partial charge in [-0.15, -0.1) is 0 Å². The van der Waals surface area contributed by atoms with Crippen LogP contribution in [0.4, 0.5) is 5.69 Å². The minimum Gasteiger partial charge on any atom is -0.497 e. The monoisotopic (exact) mass is 270 g/mol. The molecular weight excluding hydrogens is 256 g/mol. The summed E-state index contributed by atoms with van der Waals surface area (Å²) in [6.07, 6.45) is 2.85. The Morgan fingerprint density at radius 2 is 1.75 bits per heavy atom. The Hall–Kier alpha value is -2.69. The number of nitrogens with one attached hydrogen (secondary N) is 1. The summed E-state index contributed by atoms with van der Waals surface area (Å²) in [5.41, 5.74) is 1.10. The number of ether oxygens (including phenoxy) is 1. The van der Waals surface area contributed by atoms with Gasteiger partial charge in [-0.05, 0) is 36.4 Å². The number of nitrogens with zero attached hydrogens (tertiary/aromatic N) is 1.